The summed E-state index contributed by atoms with van der Waals surface area (Å²) in [6.07, 6.45) is 3.91. The van der Waals surface area contributed by atoms with Gasteiger partial charge in [-0.25, -0.2) is 0 Å². The van der Waals surface area contributed by atoms with Crippen molar-refractivity contribution in [2.75, 3.05) is 25.0 Å². The summed E-state index contributed by atoms with van der Waals surface area (Å²) in [5.41, 5.74) is 3.27. The minimum atomic E-state index is 0.174. The molecule has 2 N–H and O–H groups in total. The molecule has 1 aromatic heterocycles. The van der Waals surface area contributed by atoms with Gasteiger partial charge >= 0.3 is 0 Å². The second kappa shape index (κ2) is 10.8. The average molecular weight is 448 g/mol. The van der Waals surface area contributed by atoms with Gasteiger partial charge in [0.2, 0.25) is 0 Å². The van der Waals surface area contributed by atoms with E-state index in [1.54, 1.807) is 0 Å². The van der Waals surface area contributed by atoms with Crippen LogP contribution in [-0.4, -0.2) is 40.7 Å². The van der Waals surface area contributed by atoms with Gasteiger partial charge in [0, 0.05) is 41.4 Å². The van der Waals surface area contributed by atoms with E-state index in [0.717, 1.165) is 42.5 Å². The summed E-state index contributed by atoms with van der Waals surface area (Å²) in [4.78, 5) is 6.75. The molecule has 4 nitrogen and oxygen atoms in total. The maximum Gasteiger partial charge on any atom is 0.0737 e. The highest BCUT2D eigenvalue weighted by atomic mass is 35.5. The van der Waals surface area contributed by atoms with Gasteiger partial charge in [-0.15, -0.1) is 0 Å². The maximum atomic E-state index is 9.54. The van der Waals surface area contributed by atoms with E-state index in [1.165, 1.54) is 16.3 Å². The van der Waals surface area contributed by atoms with Crippen molar-refractivity contribution in [3.05, 3.63) is 83.5 Å². The summed E-state index contributed by atoms with van der Waals surface area (Å²) < 4.78 is 0. The molecule has 1 heterocycles. The SMILES string of the molecule is CC(CCCN(CCO)Cc1ccc2ccccc2c1)Nc1ccnc2cc(Cl)ccc12. The molecule has 0 saturated heterocycles. The van der Waals surface area contributed by atoms with E-state index >= 15 is 0 Å². The molecule has 0 aliphatic rings. The van der Waals surface area contributed by atoms with E-state index in [1.807, 2.05) is 30.5 Å². The third kappa shape index (κ3) is 5.77. The fourth-order valence-electron chi connectivity index (χ4n) is 4.21. The first kappa shape index (κ1) is 22.5. The van der Waals surface area contributed by atoms with Crippen molar-refractivity contribution in [2.45, 2.75) is 32.4 Å². The number of fused-ring (bicyclic) bond motifs is 2. The monoisotopic (exact) mass is 447 g/mol. The number of benzene rings is 3. The van der Waals surface area contributed by atoms with Crippen LogP contribution in [0.2, 0.25) is 5.02 Å². The summed E-state index contributed by atoms with van der Waals surface area (Å²) in [5, 5.41) is 17.5. The lowest BCUT2D eigenvalue weighted by Crippen LogP contribution is -2.28. The summed E-state index contributed by atoms with van der Waals surface area (Å²) >= 11 is 6.10. The predicted octanol–water partition coefficient (Wildman–Crippen LogP) is 6.12. The Hall–Kier alpha value is -2.66. The van der Waals surface area contributed by atoms with Gasteiger partial charge in [-0.3, -0.25) is 9.88 Å². The molecule has 0 spiro atoms. The molecular formula is C27H30ClN3O. The standard InChI is InChI=1S/C27H30ClN3O/c1-20(30-26-12-13-29-27-18-24(28)10-11-25(26)27)5-4-14-31(15-16-32)19-21-8-9-22-6-2-3-7-23(22)17-21/h2-3,6-13,17-18,20,32H,4-5,14-16,19H2,1H3,(H,29,30). The number of aliphatic hydroxyl groups excluding tert-OH is 1. The lowest BCUT2D eigenvalue weighted by molar-refractivity contribution is 0.187. The topological polar surface area (TPSA) is 48.4 Å². The van der Waals surface area contributed by atoms with Crippen molar-refractivity contribution in [1.29, 1.82) is 0 Å². The van der Waals surface area contributed by atoms with E-state index in [-0.39, 0.29) is 6.61 Å². The van der Waals surface area contributed by atoms with Gasteiger partial charge in [0.15, 0.2) is 0 Å². The van der Waals surface area contributed by atoms with E-state index in [4.69, 9.17) is 11.6 Å². The molecule has 4 aromatic rings. The van der Waals surface area contributed by atoms with Gasteiger partial charge in [0.1, 0.15) is 0 Å². The molecule has 5 heteroatoms. The van der Waals surface area contributed by atoms with Gasteiger partial charge in [-0.05, 0) is 73.0 Å². The molecular weight excluding hydrogens is 418 g/mol. The van der Waals surface area contributed by atoms with Crippen LogP contribution >= 0.6 is 11.6 Å². The van der Waals surface area contributed by atoms with Crippen molar-refractivity contribution in [2.24, 2.45) is 0 Å². The minimum Gasteiger partial charge on any atom is -0.395 e. The number of halogens is 1. The second-order valence-corrected chi connectivity index (χ2v) is 8.83. The molecule has 0 fully saturated rings. The summed E-state index contributed by atoms with van der Waals surface area (Å²) in [6.45, 7) is 4.87. The van der Waals surface area contributed by atoms with Crippen LogP contribution in [0.3, 0.4) is 0 Å². The minimum absolute atomic E-state index is 0.174. The van der Waals surface area contributed by atoms with E-state index < -0.39 is 0 Å². The van der Waals surface area contributed by atoms with Gasteiger partial charge in [-0.1, -0.05) is 48.0 Å². The Morgan fingerprint density at radius 2 is 1.84 bits per heavy atom. The molecule has 0 bridgehead atoms. The highest BCUT2D eigenvalue weighted by Gasteiger charge is 2.10. The molecule has 0 aliphatic heterocycles. The average Bonchev–Trinajstić information content (AvgIpc) is 2.79. The zero-order valence-corrected chi connectivity index (χ0v) is 19.2. The van der Waals surface area contributed by atoms with Gasteiger partial charge in [0.25, 0.3) is 0 Å². The van der Waals surface area contributed by atoms with Crippen molar-refractivity contribution in [3.8, 4) is 0 Å². The number of aliphatic hydroxyl groups is 1. The Bertz CT molecular complexity index is 1180. The normalized spacial score (nSPS) is 12.5. The molecule has 0 saturated carbocycles. The maximum absolute atomic E-state index is 9.54. The van der Waals surface area contributed by atoms with Crippen molar-refractivity contribution in [1.82, 2.24) is 9.88 Å². The largest absolute Gasteiger partial charge is 0.395 e. The van der Waals surface area contributed by atoms with E-state index in [0.29, 0.717) is 17.6 Å². The zero-order valence-electron chi connectivity index (χ0n) is 18.5. The fourth-order valence-corrected chi connectivity index (χ4v) is 4.38. The summed E-state index contributed by atoms with van der Waals surface area (Å²) in [6, 6.07) is 23.2. The Balaban J connectivity index is 1.33. The van der Waals surface area contributed by atoms with E-state index in [2.05, 4.69) is 64.6 Å². The number of hydrogen-bond donors (Lipinski definition) is 2. The summed E-state index contributed by atoms with van der Waals surface area (Å²) in [7, 11) is 0. The van der Waals surface area contributed by atoms with Crippen molar-refractivity contribution >= 4 is 39.0 Å². The first-order valence-electron chi connectivity index (χ1n) is 11.2. The molecule has 1 unspecified atom stereocenters. The molecule has 0 radical (unpaired) electrons. The van der Waals surface area contributed by atoms with Gasteiger partial charge in [-0.2, -0.15) is 0 Å². The number of rotatable bonds is 10. The first-order valence-corrected chi connectivity index (χ1v) is 11.6. The van der Waals surface area contributed by atoms with Crippen LogP contribution in [0.15, 0.2) is 72.9 Å². The van der Waals surface area contributed by atoms with Crippen LogP contribution in [0.25, 0.3) is 21.7 Å². The van der Waals surface area contributed by atoms with Crippen molar-refractivity contribution < 1.29 is 5.11 Å². The zero-order chi connectivity index (χ0) is 22.3. The molecule has 32 heavy (non-hydrogen) atoms. The Morgan fingerprint density at radius 3 is 2.69 bits per heavy atom. The third-order valence-electron chi connectivity index (χ3n) is 5.85. The number of aromatic nitrogens is 1. The highest BCUT2D eigenvalue weighted by molar-refractivity contribution is 6.31. The lowest BCUT2D eigenvalue weighted by Gasteiger charge is -2.23. The smallest absolute Gasteiger partial charge is 0.0737 e. The Kier molecular flexibility index (Phi) is 7.59. The Morgan fingerprint density at radius 1 is 1.00 bits per heavy atom. The number of anilines is 1. The number of hydrogen-bond acceptors (Lipinski definition) is 4. The van der Waals surface area contributed by atoms with Crippen LogP contribution in [0.5, 0.6) is 0 Å². The molecule has 4 rings (SSSR count). The highest BCUT2D eigenvalue weighted by Crippen LogP contribution is 2.25. The predicted molar refractivity (Wildman–Crippen MR) is 135 cm³/mol. The second-order valence-electron chi connectivity index (χ2n) is 8.39. The Labute approximate surface area is 194 Å². The fraction of sp³-hybridized carbons (Fsp3) is 0.296. The number of nitrogens with zero attached hydrogens (tertiary/aromatic N) is 2. The van der Waals surface area contributed by atoms with Crippen LogP contribution < -0.4 is 5.32 Å². The van der Waals surface area contributed by atoms with Crippen LogP contribution in [0, 0.1) is 0 Å². The van der Waals surface area contributed by atoms with Crippen LogP contribution in [0.1, 0.15) is 25.3 Å². The first-order chi connectivity index (χ1) is 15.6. The summed E-state index contributed by atoms with van der Waals surface area (Å²) in [5.74, 6) is 0. The molecule has 0 aliphatic carbocycles. The van der Waals surface area contributed by atoms with Crippen LogP contribution in [0.4, 0.5) is 5.69 Å². The van der Waals surface area contributed by atoms with Crippen molar-refractivity contribution in [3.63, 3.8) is 0 Å². The van der Waals surface area contributed by atoms with E-state index in [9.17, 15) is 5.11 Å². The molecule has 1 atom stereocenters. The van der Waals surface area contributed by atoms with Crippen LogP contribution in [-0.2, 0) is 6.54 Å². The number of nitrogens with one attached hydrogen (secondary N) is 1. The molecule has 0 amide bonds. The lowest BCUT2D eigenvalue weighted by atomic mass is 10.1. The van der Waals surface area contributed by atoms with Gasteiger partial charge < -0.3 is 10.4 Å². The van der Waals surface area contributed by atoms with Gasteiger partial charge in [0.05, 0.1) is 12.1 Å². The third-order valence-corrected chi connectivity index (χ3v) is 6.09. The molecule has 166 valence electrons. The quantitative estimate of drug-likeness (QED) is 0.307. The molecule has 3 aromatic carbocycles. The number of pyridine rings is 1.